The average Bonchev–Trinajstić information content (AvgIpc) is 3.04. The lowest BCUT2D eigenvalue weighted by Gasteiger charge is -2.08. The summed E-state index contributed by atoms with van der Waals surface area (Å²) in [6.07, 6.45) is 3.88. The van der Waals surface area contributed by atoms with Crippen LogP contribution >= 0.6 is 11.6 Å². The molecule has 0 aromatic heterocycles. The third-order valence-corrected chi connectivity index (χ3v) is 3.01. The molecular weight excluding hydrogens is 210 g/mol. The first kappa shape index (κ1) is 10.8. The minimum absolute atomic E-state index is 0.516. The minimum Gasteiger partial charge on any atom is -0.492 e. The maximum Gasteiger partial charge on any atom is 0.137 e. The van der Waals surface area contributed by atoms with Gasteiger partial charge in [0.25, 0.3) is 0 Å². The molecule has 0 aliphatic heterocycles. The molecule has 0 bridgehead atoms. The van der Waals surface area contributed by atoms with Gasteiger partial charge in [0.2, 0.25) is 0 Å². The van der Waals surface area contributed by atoms with E-state index in [0.717, 1.165) is 30.3 Å². The van der Waals surface area contributed by atoms with Gasteiger partial charge in [0.15, 0.2) is 0 Å². The molecule has 1 aromatic carbocycles. The Morgan fingerprint density at radius 3 is 2.80 bits per heavy atom. The first-order chi connectivity index (χ1) is 7.29. The molecule has 2 rings (SSSR count). The molecule has 0 heterocycles. The lowest BCUT2D eigenvalue weighted by Crippen LogP contribution is -2.00. The zero-order chi connectivity index (χ0) is 10.7. The second-order valence-corrected chi connectivity index (χ2v) is 4.46. The summed E-state index contributed by atoms with van der Waals surface area (Å²) in [5.74, 6) is 1.67. The van der Waals surface area contributed by atoms with Crippen molar-refractivity contribution < 1.29 is 4.74 Å². The highest BCUT2D eigenvalue weighted by molar-refractivity contribution is 6.32. The van der Waals surface area contributed by atoms with E-state index in [1.165, 1.54) is 12.8 Å². The molecule has 0 spiro atoms. The second-order valence-electron chi connectivity index (χ2n) is 4.05. The predicted molar refractivity (Wildman–Crippen MR) is 62.2 cm³/mol. The van der Waals surface area contributed by atoms with Gasteiger partial charge in [-0.15, -0.1) is 0 Å². The monoisotopic (exact) mass is 225 g/mol. The Morgan fingerprint density at radius 1 is 1.40 bits per heavy atom. The highest BCUT2D eigenvalue weighted by Crippen LogP contribution is 2.33. The van der Waals surface area contributed by atoms with Gasteiger partial charge < -0.3 is 10.5 Å². The summed E-state index contributed by atoms with van der Waals surface area (Å²) in [7, 11) is 0. The van der Waals surface area contributed by atoms with Crippen LogP contribution in [0, 0.1) is 5.92 Å². The van der Waals surface area contributed by atoms with E-state index >= 15 is 0 Å². The van der Waals surface area contributed by atoms with E-state index in [1.807, 2.05) is 18.2 Å². The molecule has 0 saturated heterocycles. The second kappa shape index (κ2) is 4.86. The minimum atomic E-state index is 0.516. The van der Waals surface area contributed by atoms with Gasteiger partial charge in [-0.3, -0.25) is 0 Å². The van der Waals surface area contributed by atoms with Gasteiger partial charge in [-0.1, -0.05) is 30.5 Å². The fourth-order valence-corrected chi connectivity index (χ4v) is 1.79. The molecule has 2 nitrogen and oxygen atoms in total. The predicted octanol–water partition coefficient (Wildman–Crippen LogP) is 2.98. The van der Waals surface area contributed by atoms with Crippen molar-refractivity contribution in [2.75, 3.05) is 6.61 Å². The molecule has 0 amide bonds. The SMILES string of the molecule is NCc1ccc(OCCC2CC2)c(Cl)c1. The zero-order valence-electron chi connectivity index (χ0n) is 8.71. The van der Waals surface area contributed by atoms with Gasteiger partial charge in [0.1, 0.15) is 5.75 Å². The largest absolute Gasteiger partial charge is 0.492 e. The van der Waals surface area contributed by atoms with Crippen LogP contribution in [0.25, 0.3) is 0 Å². The molecule has 1 aliphatic rings. The number of ether oxygens (including phenoxy) is 1. The maximum absolute atomic E-state index is 6.06. The molecule has 2 N–H and O–H groups in total. The van der Waals surface area contributed by atoms with Gasteiger partial charge in [-0.2, -0.15) is 0 Å². The molecule has 0 unspecified atom stereocenters. The first-order valence-electron chi connectivity index (χ1n) is 5.41. The number of hydrogen-bond donors (Lipinski definition) is 1. The van der Waals surface area contributed by atoms with Crippen LogP contribution in [-0.4, -0.2) is 6.61 Å². The molecule has 82 valence electrons. The van der Waals surface area contributed by atoms with E-state index in [-0.39, 0.29) is 0 Å². The van der Waals surface area contributed by atoms with Crippen molar-refractivity contribution in [2.45, 2.75) is 25.8 Å². The Kier molecular flexibility index (Phi) is 3.49. The average molecular weight is 226 g/mol. The number of halogens is 1. The summed E-state index contributed by atoms with van der Waals surface area (Å²) in [5.41, 5.74) is 6.55. The molecule has 0 radical (unpaired) electrons. The van der Waals surface area contributed by atoms with Crippen LogP contribution in [0.4, 0.5) is 0 Å². The van der Waals surface area contributed by atoms with Crippen LogP contribution < -0.4 is 10.5 Å². The van der Waals surface area contributed by atoms with E-state index in [2.05, 4.69) is 0 Å². The standard InChI is InChI=1S/C12H16ClNO/c13-11-7-10(8-14)3-4-12(11)15-6-5-9-1-2-9/h3-4,7,9H,1-2,5-6,8,14H2. The van der Waals surface area contributed by atoms with E-state index in [9.17, 15) is 0 Å². The van der Waals surface area contributed by atoms with Crippen LogP contribution in [0.2, 0.25) is 5.02 Å². The van der Waals surface area contributed by atoms with Crippen molar-refractivity contribution in [3.05, 3.63) is 28.8 Å². The molecule has 1 aromatic rings. The topological polar surface area (TPSA) is 35.2 Å². The summed E-state index contributed by atoms with van der Waals surface area (Å²) in [5, 5.41) is 0.661. The molecule has 1 fully saturated rings. The van der Waals surface area contributed by atoms with Crippen molar-refractivity contribution in [1.82, 2.24) is 0 Å². The van der Waals surface area contributed by atoms with Crippen LogP contribution in [0.1, 0.15) is 24.8 Å². The Bertz CT molecular complexity index is 336. The Hall–Kier alpha value is -0.730. The summed E-state index contributed by atoms with van der Waals surface area (Å²) in [6, 6.07) is 5.73. The van der Waals surface area contributed by atoms with E-state index in [4.69, 9.17) is 22.1 Å². The Morgan fingerprint density at radius 2 is 2.20 bits per heavy atom. The van der Waals surface area contributed by atoms with Gasteiger partial charge in [-0.05, 0) is 30.0 Å². The first-order valence-corrected chi connectivity index (χ1v) is 5.78. The smallest absolute Gasteiger partial charge is 0.137 e. The number of nitrogens with two attached hydrogens (primary N) is 1. The lowest BCUT2D eigenvalue weighted by molar-refractivity contribution is 0.302. The van der Waals surface area contributed by atoms with Crippen LogP contribution in [0.15, 0.2) is 18.2 Å². The van der Waals surface area contributed by atoms with E-state index < -0.39 is 0 Å². The van der Waals surface area contributed by atoms with Crippen molar-refractivity contribution in [3.8, 4) is 5.75 Å². The Labute approximate surface area is 95.4 Å². The number of benzene rings is 1. The van der Waals surface area contributed by atoms with Gasteiger partial charge in [0.05, 0.1) is 11.6 Å². The molecule has 15 heavy (non-hydrogen) atoms. The van der Waals surface area contributed by atoms with Crippen molar-refractivity contribution >= 4 is 11.6 Å². The number of hydrogen-bond acceptors (Lipinski definition) is 2. The Balaban J connectivity index is 1.88. The fraction of sp³-hybridized carbons (Fsp3) is 0.500. The van der Waals surface area contributed by atoms with Crippen LogP contribution in [0.3, 0.4) is 0 Å². The zero-order valence-corrected chi connectivity index (χ0v) is 9.46. The van der Waals surface area contributed by atoms with Crippen molar-refractivity contribution in [2.24, 2.45) is 11.7 Å². The van der Waals surface area contributed by atoms with Crippen LogP contribution in [-0.2, 0) is 6.54 Å². The van der Waals surface area contributed by atoms with Gasteiger partial charge in [0, 0.05) is 6.54 Å². The third-order valence-electron chi connectivity index (χ3n) is 2.71. The fourth-order valence-electron chi connectivity index (χ4n) is 1.53. The maximum atomic E-state index is 6.06. The molecule has 1 aliphatic carbocycles. The summed E-state index contributed by atoms with van der Waals surface area (Å²) < 4.78 is 5.61. The lowest BCUT2D eigenvalue weighted by atomic mass is 10.2. The number of rotatable bonds is 5. The summed E-state index contributed by atoms with van der Waals surface area (Å²) >= 11 is 6.06. The molecule has 0 atom stereocenters. The summed E-state index contributed by atoms with van der Waals surface area (Å²) in [6.45, 7) is 1.29. The molecule has 3 heteroatoms. The normalized spacial score (nSPS) is 15.3. The molecule has 1 saturated carbocycles. The quantitative estimate of drug-likeness (QED) is 0.836. The molecular formula is C12H16ClNO. The third kappa shape index (κ3) is 3.11. The van der Waals surface area contributed by atoms with Gasteiger partial charge in [-0.25, -0.2) is 0 Å². The van der Waals surface area contributed by atoms with Crippen molar-refractivity contribution in [1.29, 1.82) is 0 Å². The van der Waals surface area contributed by atoms with Crippen molar-refractivity contribution in [3.63, 3.8) is 0 Å². The van der Waals surface area contributed by atoms with Gasteiger partial charge >= 0.3 is 0 Å². The van der Waals surface area contributed by atoms with Crippen LogP contribution in [0.5, 0.6) is 5.75 Å². The van der Waals surface area contributed by atoms with E-state index in [1.54, 1.807) is 0 Å². The highest BCUT2D eigenvalue weighted by atomic mass is 35.5. The highest BCUT2D eigenvalue weighted by Gasteiger charge is 2.20. The summed E-state index contributed by atoms with van der Waals surface area (Å²) in [4.78, 5) is 0. The van der Waals surface area contributed by atoms with E-state index in [0.29, 0.717) is 11.6 Å².